The lowest BCUT2D eigenvalue weighted by Crippen LogP contribution is -2.32. The zero-order chi connectivity index (χ0) is 11.7. The van der Waals surface area contributed by atoms with Gasteiger partial charge in [-0.05, 0) is 24.1 Å². The van der Waals surface area contributed by atoms with Gasteiger partial charge in [-0.25, -0.2) is 0 Å². The van der Waals surface area contributed by atoms with E-state index < -0.39 is 12.0 Å². The molecular weight excluding hydrogens is 228 g/mol. The number of carbonyl (C=O) groups is 1. The number of nitrogens with two attached hydrogens (primary N) is 1. The van der Waals surface area contributed by atoms with Gasteiger partial charge in [0.25, 0.3) is 0 Å². The summed E-state index contributed by atoms with van der Waals surface area (Å²) in [5.41, 5.74) is 7.26. The van der Waals surface area contributed by atoms with E-state index in [0.29, 0.717) is 11.4 Å². The second kappa shape index (κ2) is 4.15. The van der Waals surface area contributed by atoms with E-state index >= 15 is 0 Å². The van der Waals surface area contributed by atoms with Crippen LogP contribution in [0.15, 0.2) is 24.4 Å². The normalized spacial score (nSPS) is 12.9. The molecular formula is C11H11ClN2O2. The number of halogens is 1. The molecule has 0 aliphatic carbocycles. The highest BCUT2D eigenvalue weighted by atomic mass is 35.5. The predicted molar refractivity (Wildman–Crippen MR) is 62.6 cm³/mol. The molecule has 1 atom stereocenters. The molecule has 0 aliphatic rings. The third-order valence-corrected chi connectivity index (χ3v) is 2.78. The van der Waals surface area contributed by atoms with Crippen molar-refractivity contribution in [2.75, 3.05) is 0 Å². The molecule has 0 saturated heterocycles. The number of aliphatic carboxylic acids is 1. The number of rotatable bonds is 3. The Labute approximate surface area is 97.0 Å². The average molecular weight is 239 g/mol. The minimum atomic E-state index is -1.000. The van der Waals surface area contributed by atoms with Crippen molar-refractivity contribution in [3.63, 3.8) is 0 Å². The lowest BCUT2D eigenvalue weighted by Gasteiger charge is -2.06. The van der Waals surface area contributed by atoms with Crippen LogP contribution in [0.25, 0.3) is 10.9 Å². The Hall–Kier alpha value is -1.52. The highest BCUT2D eigenvalue weighted by molar-refractivity contribution is 6.35. The maximum Gasteiger partial charge on any atom is 0.320 e. The number of benzene rings is 1. The van der Waals surface area contributed by atoms with Gasteiger partial charge in [-0.1, -0.05) is 17.7 Å². The SMILES string of the molecule is NC(Cc1ccc2[nH]cc(Cl)c2c1)C(=O)O. The summed E-state index contributed by atoms with van der Waals surface area (Å²) in [6.45, 7) is 0. The summed E-state index contributed by atoms with van der Waals surface area (Å²) in [6, 6.07) is 4.69. The van der Waals surface area contributed by atoms with Crippen molar-refractivity contribution in [2.24, 2.45) is 5.73 Å². The van der Waals surface area contributed by atoms with Gasteiger partial charge in [0.2, 0.25) is 0 Å². The van der Waals surface area contributed by atoms with Crippen LogP contribution in [0, 0.1) is 0 Å². The summed E-state index contributed by atoms with van der Waals surface area (Å²) >= 11 is 5.96. The number of aromatic amines is 1. The molecule has 0 amide bonds. The summed E-state index contributed by atoms with van der Waals surface area (Å²) in [6.07, 6.45) is 2.00. The number of hydrogen-bond acceptors (Lipinski definition) is 2. The first-order valence-corrected chi connectivity index (χ1v) is 5.19. The Bertz CT molecular complexity index is 536. The molecule has 4 N–H and O–H groups in total. The predicted octanol–water partition coefficient (Wildman–Crippen LogP) is 1.78. The van der Waals surface area contributed by atoms with Crippen LogP contribution in [0.1, 0.15) is 5.56 Å². The van der Waals surface area contributed by atoms with E-state index in [-0.39, 0.29) is 0 Å². The molecule has 0 aliphatic heterocycles. The number of H-pyrrole nitrogens is 1. The lowest BCUT2D eigenvalue weighted by atomic mass is 10.1. The van der Waals surface area contributed by atoms with E-state index in [1.165, 1.54) is 0 Å². The molecule has 0 bridgehead atoms. The topological polar surface area (TPSA) is 79.1 Å². The van der Waals surface area contributed by atoms with Crippen LogP contribution < -0.4 is 5.73 Å². The van der Waals surface area contributed by atoms with Crippen LogP contribution >= 0.6 is 11.6 Å². The zero-order valence-corrected chi connectivity index (χ0v) is 9.16. The number of aromatic nitrogens is 1. The third kappa shape index (κ3) is 2.03. The summed E-state index contributed by atoms with van der Waals surface area (Å²) in [7, 11) is 0. The van der Waals surface area contributed by atoms with Crippen molar-refractivity contribution in [3.05, 3.63) is 35.0 Å². The largest absolute Gasteiger partial charge is 0.480 e. The fraction of sp³-hybridized carbons (Fsp3) is 0.182. The first-order chi connectivity index (χ1) is 7.58. The van der Waals surface area contributed by atoms with Gasteiger partial charge in [0.15, 0.2) is 0 Å². The van der Waals surface area contributed by atoms with Crippen LogP contribution in [0.3, 0.4) is 0 Å². The van der Waals surface area contributed by atoms with Gasteiger partial charge < -0.3 is 15.8 Å². The van der Waals surface area contributed by atoms with Gasteiger partial charge in [-0.2, -0.15) is 0 Å². The molecule has 0 spiro atoms. The molecule has 1 aromatic carbocycles. The van der Waals surface area contributed by atoms with E-state index in [0.717, 1.165) is 16.5 Å². The molecule has 4 nitrogen and oxygen atoms in total. The fourth-order valence-corrected chi connectivity index (χ4v) is 1.81. The molecule has 2 aromatic rings. The molecule has 1 aromatic heterocycles. The zero-order valence-electron chi connectivity index (χ0n) is 8.40. The number of carboxylic acid groups (broad SMARTS) is 1. The second-order valence-electron chi connectivity index (χ2n) is 3.67. The third-order valence-electron chi connectivity index (χ3n) is 2.47. The second-order valence-corrected chi connectivity index (χ2v) is 4.07. The Morgan fingerprint density at radius 3 is 3.00 bits per heavy atom. The Balaban J connectivity index is 2.32. The molecule has 2 rings (SSSR count). The minimum absolute atomic E-state index is 0.298. The number of carboxylic acids is 1. The molecule has 5 heteroatoms. The van der Waals surface area contributed by atoms with Crippen molar-refractivity contribution in [1.82, 2.24) is 4.98 Å². The van der Waals surface area contributed by atoms with E-state index in [9.17, 15) is 4.79 Å². The van der Waals surface area contributed by atoms with Gasteiger partial charge >= 0.3 is 5.97 Å². The van der Waals surface area contributed by atoms with Gasteiger partial charge in [-0.3, -0.25) is 4.79 Å². The molecule has 16 heavy (non-hydrogen) atoms. The van der Waals surface area contributed by atoms with E-state index in [1.54, 1.807) is 6.20 Å². The van der Waals surface area contributed by atoms with E-state index in [2.05, 4.69) is 4.98 Å². The van der Waals surface area contributed by atoms with Gasteiger partial charge in [0, 0.05) is 17.1 Å². The summed E-state index contributed by atoms with van der Waals surface area (Å²) in [5, 5.41) is 10.2. The summed E-state index contributed by atoms with van der Waals surface area (Å²) in [4.78, 5) is 13.6. The molecule has 0 radical (unpaired) electrons. The van der Waals surface area contributed by atoms with E-state index in [4.69, 9.17) is 22.4 Å². The smallest absolute Gasteiger partial charge is 0.320 e. The average Bonchev–Trinajstić information content (AvgIpc) is 2.60. The quantitative estimate of drug-likeness (QED) is 0.763. The van der Waals surface area contributed by atoms with Crippen LogP contribution in [-0.4, -0.2) is 22.1 Å². The number of hydrogen-bond donors (Lipinski definition) is 3. The molecule has 0 saturated carbocycles. The molecule has 1 heterocycles. The van der Waals surface area contributed by atoms with Crippen LogP contribution in [0.2, 0.25) is 5.02 Å². The maximum atomic E-state index is 10.6. The van der Waals surface area contributed by atoms with Crippen LogP contribution in [0.4, 0.5) is 0 Å². The summed E-state index contributed by atoms with van der Waals surface area (Å²) in [5.74, 6) is -1.000. The van der Waals surface area contributed by atoms with E-state index in [1.807, 2.05) is 18.2 Å². The Morgan fingerprint density at radius 2 is 2.31 bits per heavy atom. The first-order valence-electron chi connectivity index (χ1n) is 4.82. The van der Waals surface area contributed by atoms with Gasteiger partial charge in [0.1, 0.15) is 6.04 Å². The Morgan fingerprint density at radius 1 is 1.56 bits per heavy atom. The Kier molecular flexibility index (Phi) is 2.85. The van der Waals surface area contributed by atoms with Crippen LogP contribution in [-0.2, 0) is 11.2 Å². The first kappa shape index (κ1) is 11.0. The van der Waals surface area contributed by atoms with Gasteiger partial charge in [0.05, 0.1) is 5.02 Å². The molecule has 1 unspecified atom stereocenters. The maximum absolute atomic E-state index is 10.6. The highest BCUT2D eigenvalue weighted by Crippen LogP contribution is 2.24. The highest BCUT2D eigenvalue weighted by Gasteiger charge is 2.12. The van der Waals surface area contributed by atoms with Crippen molar-refractivity contribution < 1.29 is 9.90 Å². The van der Waals surface area contributed by atoms with Gasteiger partial charge in [-0.15, -0.1) is 0 Å². The van der Waals surface area contributed by atoms with Crippen molar-refractivity contribution in [1.29, 1.82) is 0 Å². The molecule has 84 valence electrons. The van der Waals surface area contributed by atoms with Crippen molar-refractivity contribution in [2.45, 2.75) is 12.5 Å². The fourth-order valence-electron chi connectivity index (χ4n) is 1.60. The summed E-state index contributed by atoms with van der Waals surface area (Å²) < 4.78 is 0. The standard InChI is InChI=1S/C11H11ClN2O2/c12-8-5-14-10-2-1-6(3-7(8)10)4-9(13)11(15)16/h1-3,5,9,14H,4,13H2,(H,15,16). The molecule has 0 fully saturated rings. The minimum Gasteiger partial charge on any atom is -0.480 e. The van der Waals surface area contributed by atoms with Crippen molar-refractivity contribution >= 4 is 28.5 Å². The number of nitrogens with one attached hydrogen (secondary N) is 1. The van der Waals surface area contributed by atoms with Crippen LogP contribution in [0.5, 0.6) is 0 Å². The number of fused-ring (bicyclic) bond motifs is 1. The lowest BCUT2D eigenvalue weighted by molar-refractivity contribution is -0.138. The monoisotopic (exact) mass is 238 g/mol. The van der Waals surface area contributed by atoms with Crippen molar-refractivity contribution in [3.8, 4) is 0 Å².